The van der Waals surface area contributed by atoms with Gasteiger partial charge in [-0.05, 0) is 29.3 Å². The van der Waals surface area contributed by atoms with Crippen LogP contribution in [0.4, 0.5) is 0 Å². The zero-order chi connectivity index (χ0) is 22.8. The van der Waals surface area contributed by atoms with Crippen LogP contribution in [0, 0.1) is 0 Å². The molecule has 0 aliphatic carbocycles. The lowest BCUT2D eigenvalue weighted by molar-refractivity contribution is 0.0571. The summed E-state index contributed by atoms with van der Waals surface area (Å²) >= 11 is 0. The van der Waals surface area contributed by atoms with Crippen molar-refractivity contribution in [2.75, 3.05) is 27.9 Å². The van der Waals surface area contributed by atoms with Gasteiger partial charge >= 0.3 is 0 Å². The van der Waals surface area contributed by atoms with Crippen molar-refractivity contribution >= 4 is 12.4 Å². The summed E-state index contributed by atoms with van der Waals surface area (Å²) in [5, 5.41) is 14.1. The van der Waals surface area contributed by atoms with Crippen molar-refractivity contribution in [3.05, 3.63) is 89.5 Å². The van der Waals surface area contributed by atoms with Crippen LogP contribution < -0.4 is 19.5 Å². The Balaban J connectivity index is 0.00000385. The topological polar surface area (TPSA) is 69.2 Å². The number of hydrogen-bond acceptors (Lipinski definition) is 6. The normalized spacial score (nSPS) is 12.4. The number of hydrogen-bond donors (Lipinski definition) is 2. The zero-order valence-electron chi connectivity index (χ0n) is 19.2. The van der Waals surface area contributed by atoms with Crippen LogP contribution in [-0.2, 0) is 17.8 Å². The van der Waals surface area contributed by atoms with Gasteiger partial charge in [0.15, 0.2) is 11.5 Å². The highest BCUT2D eigenvalue weighted by atomic mass is 35.5. The van der Waals surface area contributed by atoms with Crippen molar-refractivity contribution in [1.29, 1.82) is 0 Å². The van der Waals surface area contributed by atoms with Crippen molar-refractivity contribution in [3.8, 4) is 17.2 Å². The van der Waals surface area contributed by atoms with Gasteiger partial charge in [0.25, 0.3) is 0 Å². The van der Waals surface area contributed by atoms with Gasteiger partial charge in [0.1, 0.15) is 18.6 Å². The van der Waals surface area contributed by atoms with Gasteiger partial charge < -0.3 is 24.1 Å². The first-order valence-corrected chi connectivity index (χ1v) is 10.6. The van der Waals surface area contributed by atoms with Gasteiger partial charge in [0.2, 0.25) is 0 Å². The molecule has 0 radical (unpaired) electrons. The van der Waals surface area contributed by atoms with E-state index in [1.807, 2.05) is 72.8 Å². The Morgan fingerprint density at radius 1 is 0.788 bits per heavy atom. The maximum absolute atomic E-state index is 10.8. The Morgan fingerprint density at radius 3 is 2.18 bits per heavy atom. The van der Waals surface area contributed by atoms with Gasteiger partial charge in [-0.2, -0.15) is 0 Å². The summed E-state index contributed by atoms with van der Waals surface area (Å²) in [6, 6.07) is 23.3. The Labute approximate surface area is 201 Å². The van der Waals surface area contributed by atoms with Crippen LogP contribution in [0.5, 0.6) is 17.2 Å². The number of ether oxygens (including phenoxy) is 4. The summed E-state index contributed by atoms with van der Waals surface area (Å²) in [4.78, 5) is 0. The maximum Gasteiger partial charge on any atom is 0.160 e. The van der Waals surface area contributed by atoms with Crippen LogP contribution >= 0.6 is 12.4 Å². The van der Waals surface area contributed by atoms with E-state index in [4.69, 9.17) is 18.9 Å². The Bertz CT molecular complexity index is 970. The van der Waals surface area contributed by atoms with E-state index in [1.54, 1.807) is 21.3 Å². The molecular formula is C26H32ClNO5. The Hall–Kier alpha value is -2.77. The summed E-state index contributed by atoms with van der Waals surface area (Å²) in [6.07, 6.45) is -0.416. The molecule has 0 bridgehead atoms. The number of halogens is 1. The van der Waals surface area contributed by atoms with Gasteiger partial charge in [-0.15, -0.1) is 12.4 Å². The Morgan fingerprint density at radius 2 is 1.48 bits per heavy atom. The number of aliphatic hydroxyl groups is 1. The highest BCUT2D eigenvalue weighted by Crippen LogP contribution is 2.28. The second-order valence-corrected chi connectivity index (χ2v) is 7.35. The molecule has 0 aliphatic rings. The average molecular weight is 474 g/mol. The second kappa shape index (κ2) is 13.7. The first kappa shape index (κ1) is 26.5. The van der Waals surface area contributed by atoms with E-state index in [1.165, 1.54) is 0 Å². The fourth-order valence-electron chi connectivity index (χ4n) is 3.44. The number of nitrogens with one attached hydrogen (secondary N) is 1. The summed E-state index contributed by atoms with van der Waals surface area (Å²) in [5.41, 5.74) is 2.84. The van der Waals surface area contributed by atoms with Crippen LogP contribution in [0.15, 0.2) is 72.8 Å². The fraction of sp³-hybridized carbons (Fsp3) is 0.308. The molecule has 0 saturated carbocycles. The molecular weight excluding hydrogens is 442 g/mol. The number of benzene rings is 3. The Kier molecular flexibility index (Phi) is 11.0. The SMILES string of the molecule is COc1ccc(CC(NCC(O)c2ccccc2OCc2ccccc2)OC)cc1OC.Cl. The highest BCUT2D eigenvalue weighted by Gasteiger charge is 2.17. The summed E-state index contributed by atoms with van der Waals surface area (Å²) in [5.74, 6) is 2.02. The second-order valence-electron chi connectivity index (χ2n) is 7.35. The van der Waals surface area contributed by atoms with E-state index in [0.717, 1.165) is 16.7 Å². The molecule has 0 aliphatic heterocycles. The third kappa shape index (κ3) is 7.65. The molecule has 2 atom stereocenters. The smallest absolute Gasteiger partial charge is 0.160 e. The summed E-state index contributed by atoms with van der Waals surface area (Å²) in [6.45, 7) is 0.759. The molecule has 0 aromatic heterocycles. The molecule has 0 amide bonds. The van der Waals surface area contributed by atoms with E-state index in [2.05, 4.69) is 5.32 Å². The molecule has 6 nitrogen and oxygen atoms in total. The molecule has 0 fully saturated rings. The molecule has 2 N–H and O–H groups in total. The first-order chi connectivity index (χ1) is 15.6. The lowest BCUT2D eigenvalue weighted by Crippen LogP contribution is -2.36. The van der Waals surface area contributed by atoms with Gasteiger partial charge in [0.05, 0.1) is 20.3 Å². The van der Waals surface area contributed by atoms with Crippen molar-refractivity contribution in [2.24, 2.45) is 0 Å². The number of aliphatic hydroxyl groups excluding tert-OH is 1. The molecule has 3 aromatic rings. The molecule has 0 heterocycles. The van der Waals surface area contributed by atoms with Gasteiger partial charge in [-0.1, -0.05) is 54.6 Å². The molecule has 0 saturated heterocycles. The lowest BCUT2D eigenvalue weighted by Gasteiger charge is -2.21. The number of rotatable bonds is 12. The lowest BCUT2D eigenvalue weighted by atomic mass is 10.1. The minimum atomic E-state index is -0.745. The van der Waals surface area contributed by atoms with Crippen LogP contribution in [0.3, 0.4) is 0 Å². The third-order valence-corrected chi connectivity index (χ3v) is 5.21. The van der Waals surface area contributed by atoms with E-state index in [9.17, 15) is 5.11 Å². The number of para-hydroxylation sites is 1. The highest BCUT2D eigenvalue weighted by molar-refractivity contribution is 5.85. The van der Waals surface area contributed by atoms with E-state index in [0.29, 0.717) is 36.8 Å². The van der Waals surface area contributed by atoms with E-state index in [-0.39, 0.29) is 18.6 Å². The minimum absolute atomic E-state index is 0. The van der Waals surface area contributed by atoms with Crippen molar-refractivity contribution in [1.82, 2.24) is 5.32 Å². The molecule has 3 rings (SSSR count). The minimum Gasteiger partial charge on any atom is -0.493 e. The van der Waals surface area contributed by atoms with Crippen molar-refractivity contribution in [3.63, 3.8) is 0 Å². The van der Waals surface area contributed by atoms with Gasteiger partial charge in [-0.25, -0.2) is 0 Å². The molecule has 3 aromatic carbocycles. The zero-order valence-corrected chi connectivity index (χ0v) is 20.0. The maximum atomic E-state index is 10.8. The molecule has 0 spiro atoms. The average Bonchev–Trinajstić information content (AvgIpc) is 2.85. The van der Waals surface area contributed by atoms with Crippen molar-refractivity contribution < 1.29 is 24.1 Å². The molecule has 7 heteroatoms. The fourth-order valence-corrected chi connectivity index (χ4v) is 3.44. The summed E-state index contributed by atoms with van der Waals surface area (Å²) < 4.78 is 22.2. The molecule has 33 heavy (non-hydrogen) atoms. The van der Waals surface area contributed by atoms with Crippen LogP contribution in [0.25, 0.3) is 0 Å². The van der Waals surface area contributed by atoms with Crippen LogP contribution in [0.2, 0.25) is 0 Å². The monoisotopic (exact) mass is 473 g/mol. The third-order valence-electron chi connectivity index (χ3n) is 5.21. The summed E-state index contributed by atoms with van der Waals surface area (Å²) in [7, 11) is 4.86. The molecule has 2 unspecified atom stereocenters. The van der Waals surface area contributed by atoms with Crippen LogP contribution in [0.1, 0.15) is 22.8 Å². The number of methoxy groups -OCH3 is 3. The quantitative estimate of drug-likeness (QED) is 0.376. The van der Waals surface area contributed by atoms with Gasteiger partial charge in [0, 0.05) is 25.6 Å². The predicted molar refractivity (Wildman–Crippen MR) is 131 cm³/mol. The first-order valence-electron chi connectivity index (χ1n) is 10.6. The van der Waals surface area contributed by atoms with E-state index < -0.39 is 6.10 Å². The molecule has 178 valence electrons. The largest absolute Gasteiger partial charge is 0.493 e. The predicted octanol–water partition coefficient (Wildman–Crippen LogP) is 4.54. The van der Waals surface area contributed by atoms with Crippen LogP contribution in [-0.4, -0.2) is 39.2 Å². The standard InChI is InChI=1S/C26H31NO5.ClH/c1-29-24-14-13-20(15-25(24)30-2)16-26(31-3)27-17-22(28)21-11-7-8-12-23(21)32-18-19-9-5-4-6-10-19;/h4-15,22,26-28H,16-18H2,1-3H3;1H. The van der Waals surface area contributed by atoms with E-state index >= 15 is 0 Å². The van der Waals surface area contributed by atoms with Crippen molar-refractivity contribution in [2.45, 2.75) is 25.4 Å². The van der Waals surface area contributed by atoms with Gasteiger partial charge in [-0.3, -0.25) is 5.32 Å².